The molecule has 0 spiro atoms. The first-order chi connectivity index (χ1) is 10.0. The monoisotopic (exact) mass is 328 g/mol. The molecule has 0 aliphatic heterocycles. The first kappa shape index (κ1) is 16.2. The molecule has 0 saturated heterocycles. The van der Waals surface area contributed by atoms with Gasteiger partial charge in [0.2, 0.25) is 10.0 Å². The van der Waals surface area contributed by atoms with E-state index in [0.29, 0.717) is 6.54 Å². The molecule has 0 fully saturated rings. The molecule has 3 N–H and O–H groups in total. The Balaban J connectivity index is 1.95. The molecular formula is C13H20N4O2S2. The van der Waals surface area contributed by atoms with E-state index in [4.69, 9.17) is 0 Å². The number of sulfonamides is 1. The molecule has 0 bridgehead atoms. The number of hydrogen-bond acceptors (Lipinski definition) is 5. The minimum Gasteiger partial charge on any atom is -0.363 e. The van der Waals surface area contributed by atoms with E-state index in [-0.39, 0.29) is 11.4 Å². The second-order valence-corrected chi connectivity index (χ2v) is 7.55. The van der Waals surface area contributed by atoms with Crippen LogP contribution in [0.15, 0.2) is 22.5 Å². The number of aryl methyl sites for hydroxylation is 1. The molecule has 2 aromatic rings. The fourth-order valence-corrected chi connectivity index (χ4v) is 3.45. The van der Waals surface area contributed by atoms with Crippen LogP contribution in [0.1, 0.15) is 29.7 Å². The third kappa shape index (κ3) is 4.63. The number of thiazole rings is 1. The first-order valence-electron chi connectivity index (χ1n) is 6.80. The van der Waals surface area contributed by atoms with Gasteiger partial charge in [0.1, 0.15) is 0 Å². The third-order valence-corrected chi connectivity index (χ3v) is 5.08. The van der Waals surface area contributed by atoms with Crippen LogP contribution in [0.2, 0.25) is 0 Å². The normalized spacial score (nSPS) is 11.9. The Morgan fingerprint density at radius 2 is 2.19 bits per heavy atom. The largest absolute Gasteiger partial charge is 0.363 e. The molecule has 2 heterocycles. The van der Waals surface area contributed by atoms with Crippen molar-refractivity contribution in [3.63, 3.8) is 0 Å². The predicted octanol–water partition coefficient (Wildman–Crippen LogP) is 1.76. The van der Waals surface area contributed by atoms with Crippen molar-refractivity contribution in [1.29, 1.82) is 0 Å². The lowest BCUT2D eigenvalue weighted by molar-refractivity contribution is 0.580. The van der Waals surface area contributed by atoms with Gasteiger partial charge in [-0.3, -0.25) is 0 Å². The van der Waals surface area contributed by atoms with Crippen molar-refractivity contribution < 1.29 is 8.42 Å². The van der Waals surface area contributed by atoms with E-state index in [2.05, 4.69) is 26.9 Å². The highest BCUT2D eigenvalue weighted by atomic mass is 32.2. The van der Waals surface area contributed by atoms with Gasteiger partial charge >= 0.3 is 0 Å². The summed E-state index contributed by atoms with van der Waals surface area (Å²) in [6.07, 6.45) is 2.55. The van der Waals surface area contributed by atoms with Gasteiger partial charge in [0.25, 0.3) is 0 Å². The summed E-state index contributed by atoms with van der Waals surface area (Å²) in [5, 5.41) is 6.00. The van der Waals surface area contributed by atoms with E-state index in [1.165, 1.54) is 17.5 Å². The number of rotatable bonds is 8. The Kier molecular flexibility index (Phi) is 5.51. The van der Waals surface area contributed by atoms with Gasteiger partial charge in [0.15, 0.2) is 0 Å². The highest BCUT2D eigenvalue weighted by Crippen LogP contribution is 2.12. The lowest BCUT2D eigenvalue weighted by Gasteiger charge is -2.02. The summed E-state index contributed by atoms with van der Waals surface area (Å²) in [6, 6.07) is 1.65. The maximum absolute atomic E-state index is 12.2. The minimum atomic E-state index is -3.50. The van der Waals surface area contributed by atoms with Crippen LogP contribution >= 0.6 is 11.3 Å². The summed E-state index contributed by atoms with van der Waals surface area (Å²) in [6.45, 7) is 5.73. The molecule has 0 atom stereocenters. The zero-order valence-electron chi connectivity index (χ0n) is 12.1. The summed E-state index contributed by atoms with van der Waals surface area (Å²) in [5.74, 6) is 0. The fraction of sp³-hybridized carbons (Fsp3) is 0.462. The van der Waals surface area contributed by atoms with Crippen molar-refractivity contribution in [2.24, 2.45) is 0 Å². The average molecular weight is 328 g/mol. The van der Waals surface area contributed by atoms with Crippen LogP contribution in [-0.4, -0.2) is 24.9 Å². The van der Waals surface area contributed by atoms with E-state index < -0.39 is 10.0 Å². The number of aromatic nitrogens is 2. The Bertz CT molecular complexity index is 676. The van der Waals surface area contributed by atoms with Gasteiger partial charge in [0.05, 0.1) is 22.1 Å². The van der Waals surface area contributed by atoms with Gasteiger partial charge in [-0.25, -0.2) is 18.1 Å². The Morgan fingerprint density at radius 1 is 1.38 bits per heavy atom. The zero-order valence-corrected chi connectivity index (χ0v) is 13.8. The third-order valence-electron chi connectivity index (χ3n) is 2.88. The van der Waals surface area contributed by atoms with Crippen molar-refractivity contribution >= 4 is 21.4 Å². The molecule has 0 unspecified atom stereocenters. The second kappa shape index (κ2) is 7.17. The fourth-order valence-electron chi connectivity index (χ4n) is 1.82. The number of aromatic amines is 1. The number of nitrogens with one attached hydrogen (secondary N) is 3. The van der Waals surface area contributed by atoms with Crippen LogP contribution in [0.3, 0.4) is 0 Å². The average Bonchev–Trinajstić information content (AvgIpc) is 3.06. The van der Waals surface area contributed by atoms with Crippen molar-refractivity contribution in [3.8, 4) is 0 Å². The molecule has 0 saturated carbocycles. The van der Waals surface area contributed by atoms with Crippen molar-refractivity contribution in [2.45, 2.75) is 38.3 Å². The van der Waals surface area contributed by atoms with Gasteiger partial charge < -0.3 is 10.3 Å². The van der Waals surface area contributed by atoms with E-state index in [0.717, 1.165) is 29.4 Å². The quantitative estimate of drug-likeness (QED) is 0.644. The highest BCUT2D eigenvalue weighted by Gasteiger charge is 2.16. The van der Waals surface area contributed by atoms with Crippen LogP contribution in [0.4, 0.5) is 0 Å². The molecule has 0 aliphatic rings. The van der Waals surface area contributed by atoms with Gasteiger partial charge in [-0.05, 0) is 26.0 Å². The van der Waals surface area contributed by atoms with Gasteiger partial charge in [-0.1, -0.05) is 6.92 Å². The molecule has 2 aromatic heterocycles. The molecule has 8 heteroatoms. The Labute approximate surface area is 129 Å². The summed E-state index contributed by atoms with van der Waals surface area (Å²) < 4.78 is 26.9. The highest BCUT2D eigenvalue weighted by molar-refractivity contribution is 7.89. The van der Waals surface area contributed by atoms with Crippen molar-refractivity contribution in [2.75, 3.05) is 6.54 Å². The summed E-state index contributed by atoms with van der Waals surface area (Å²) >= 11 is 1.51. The summed E-state index contributed by atoms with van der Waals surface area (Å²) in [4.78, 5) is 7.47. The molecule has 21 heavy (non-hydrogen) atoms. The minimum absolute atomic E-state index is 0.210. The van der Waals surface area contributed by atoms with Crippen LogP contribution < -0.4 is 10.0 Å². The Hall–Kier alpha value is -1.22. The van der Waals surface area contributed by atoms with E-state index in [1.54, 1.807) is 6.07 Å². The van der Waals surface area contributed by atoms with E-state index >= 15 is 0 Å². The van der Waals surface area contributed by atoms with Crippen LogP contribution in [0.5, 0.6) is 0 Å². The predicted molar refractivity (Wildman–Crippen MR) is 83.7 cm³/mol. The molecular weight excluding hydrogens is 308 g/mol. The number of H-pyrrole nitrogens is 1. The van der Waals surface area contributed by atoms with Crippen LogP contribution in [0.25, 0.3) is 0 Å². The maximum Gasteiger partial charge on any atom is 0.242 e. The summed E-state index contributed by atoms with van der Waals surface area (Å²) in [5.41, 5.74) is 1.59. The molecule has 6 nitrogen and oxygen atoms in total. The molecule has 0 aromatic carbocycles. The number of nitrogens with zero attached hydrogens (tertiary/aromatic N) is 1. The van der Waals surface area contributed by atoms with E-state index in [9.17, 15) is 8.42 Å². The van der Waals surface area contributed by atoms with Gasteiger partial charge in [-0.2, -0.15) is 0 Å². The Morgan fingerprint density at radius 3 is 2.86 bits per heavy atom. The van der Waals surface area contributed by atoms with E-state index in [1.807, 2.05) is 12.3 Å². The zero-order chi connectivity index (χ0) is 15.3. The number of hydrogen-bond donors (Lipinski definition) is 3. The van der Waals surface area contributed by atoms with Gasteiger partial charge in [0, 0.05) is 23.8 Å². The molecule has 2 rings (SSSR count). The lowest BCUT2D eigenvalue weighted by Crippen LogP contribution is -2.23. The SMILES string of the molecule is CCCNCc1cc(S(=O)(=O)NCc2csc(C)n2)c[nH]1. The topological polar surface area (TPSA) is 86.9 Å². The smallest absolute Gasteiger partial charge is 0.242 e. The van der Waals surface area contributed by atoms with Crippen molar-refractivity contribution in [1.82, 2.24) is 20.0 Å². The second-order valence-electron chi connectivity index (χ2n) is 4.72. The standard InChI is InChI=1S/C13H20N4O2S2/c1-3-4-14-6-11-5-13(8-15-11)21(18,19)16-7-12-9-20-10(2)17-12/h5,8-9,14-16H,3-4,6-7H2,1-2H3. The van der Waals surface area contributed by atoms with Crippen molar-refractivity contribution in [3.05, 3.63) is 34.0 Å². The van der Waals surface area contributed by atoms with Crippen LogP contribution in [0, 0.1) is 6.92 Å². The summed E-state index contributed by atoms with van der Waals surface area (Å²) in [7, 11) is -3.50. The molecule has 116 valence electrons. The van der Waals surface area contributed by atoms with Crippen LogP contribution in [-0.2, 0) is 23.1 Å². The first-order valence-corrected chi connectivity index (χ1v) is 9.16. The lowest BCUT2D eigenvalue weighted by atomic mass is 10.4. The maximum atomic E-state index is 12.2. The molecule has 0 radical (unpaired) electrons. The molecule has 0 amide bonds. The van der Waals surface area contributed by atoms with Gasteiger partial charge in [-0.15, -0.1) is 11.3 Å². The molecule has 0 aliphatic carbocycles.